The maximum absolute atomic E-state index is 12.2. The van der Waals surface area contributed by atoms with E-state index in [2.05, 4.69) is 5.32 Å². The SMILES string of the molecule is O=C(Nc1ccc(O)cc1Cl)C1CC2CCC1C2. The Hall–Kier alpha value is -1.22. The largest absolute Gasteiger partial charge is 0.508 e. The van der Waals surface area contributed by atoms with Gasteiger partial charge >= 0.3 is 0 Å². The Labute approximate surface area is 111 Å². The van der Waals surface area contributed by atoms with Crippen molar-refractivity contribution < 1.29 is 9.90 Å². The molecule has 4 heteroatoms. The normalized spacial score (nSPS) is 29.5. The predicted molar refractivity (Wildman–Crippen MR) is 70.7 cm³/mol. The van der Waals surface area contributed by atoms with Crippen molar-refractivity contribution in [2.75, 3.05) is 5.32 Å². The zero-order valence-electron chi connectivity index (χ0n) is 10.0. The molecule has 1 aromatic carbocycles. The number of carbonyl (C=O) groups is 1. The Morgan fingerprint density at radius 2 is 2.17 bits per heavy atom. The molecule has 0 aliphatic heterocycles. The minimum absolute atomic E-state index is 0.0785. The number of halogens is 1. The van der Waals surface area contributed by atoms with Gasteiger partial charge in [-0.1, -0.05) is 18.0 Å². The van der Waals surface area contributed by atoms with Crippen molar-refractivity contribution in [3.63, 3.8) is 0 Å². The van der Waals surface area contributed by atoms with Crippen LogP contribution in [0.5, 0.6) is 5.75 Å². The van der Waals surface area contributed by atoms with Crippen LogP contribution in [0, 0.1) is 17.8 Å². The summed E-state index contributed by atoms with van der Waals surface area (Å²) in [6, 6.07) is 4.61. The number of carbonyl (C=O) groups excluding carboxylic acids is 1. The molecule has 2 aliphatic rings. The number of hydrogen-bond acceptors (Lipinski definition) is 2. The van der Waals surface area contributed by atoms with Gasteiger partial charge in [-0.3, -0.25) is 4.79 Å². The lowest BCUT2D eigenvalue weighted by Crippen LogP contribution is -2.27. The van der Waals surface area contributed by atoms with Crippen LogP contribution in [0.4, 0.5) is 5.69 Å². The van der Waals surface area contributed by atoms with E-state index >= 15 is 0 Å². The molecule has 0 aromatic heterocycles. The fraction of sp³-hybridized carbons (Fsp3) is 0.500. The molecule has 1 amide bonds. The monoisotopic (exact) mass is 265 g/mol. The molecule has 2 saturated carbocycles. The Kier molecular flexibility index (Phi) is 2.94. The van der Waals surface area contributed by atoms with Gasteiger partial charge in [0.1, 0.15) is 5.75 Å². The molecule has 0 heterocycles. The maximum atomic E-state index is 12.2. The minimum Gasteiger partial charge on any atom is -0.508 e. The first-order valence-electron chi connectivity index (χ1n) is 6.43. The highest BCUT2D eigenvalue weighted by molar-refractivity contribution is 6.33. The van der Waals surface area contributed by atoms with Gasteiger partial charge in [0.2, 0.25) is 5.91 Å². The van der Waals surface area contributed by atoms with E-state index in [1.54, 1.807) is 6.07 Å². The molecule has 3 atom stereocenters. The summed E-state index contributed by atoms with van der Waals surface area (Å²) in [6.45, 7) is 0. The van der Waals surface area contributed by atoms with Gasteiger partial charge in [-0.25, -0.2) is 0 Å². The molecule has 18 heavy (non-hydrogen) atoms. The number of aromatic hydroxyl groups is 1. The highest BCUT2D eigenvalue weighted by Crippen LogP contribution is 2.48. The molecule has 2 N–H and O–H groups in total. The molecule has 0 saturated heterocycles. The summed E-state index contributed by atoms with van der Waals surface area (Å²) in [7, 11) is 0. The summed E-state index contributed by atoms with van der Waals surface area (Å²) in [4.78, 5) is 12.2. The standard InChI is InChI=1S/C14H16ClNO2/c15-12-7-10(17)3-4-13(12)16-14(18)11-6-8-1-2-9(11)5-8/h3-4,7-9,11,17H,1-2,5-6H2,(H,16,18). The predicted octanol–water partition coefficient (Wildman–Crippen LogP) is 3.42. The number of amides is 1. The fourth-order valence-corrected chi connectivity index (χ4v) is 3.62. The van der Waals surface area contributed by atoms with Crippen LogP contribution in [-0.4, -0.2) is 11.0 Å². The smallest absolute Gasteiger partial charge is 0.227 e. The van der Waals surface area contributed by atoms with Crippen molar-refractivity contribution in [1.82, 2.24) is 0 Å². The molecule has 3 unspecified atom stereocenters. The van der Waals surface area contributed by atoms with Gasteiger partial charge in [0.25, 0.3) is 0 Å². The summed E-state index contributed by atoms with van der Waals surface area (Å²) < 4.78 is 0. The van der Waals surface area contributed by atoms with Gasteiger partial charge in [-0.2, -0.15) is 0 Å². The van der Waals surface area contributed by atoms with E-state index < -0.39 is 0 Å². The van der Waals surface area contributed by atoms with E-state index in [9.17, 15) is 9.90 Å². The van der Waals surface area contributed by atoms with Gasteiger partial charge < -0.3 is 10.4 Å². The Balaban J connectivity index is 1.71. The number of fused-ring (bicyclic) bond motifs is 2. The van der Waals surface area contributed by atoms with Crippen LogP contribution < -0.4 is 5.32 Å². The Morgan fingerprint density at radius 1 is 1.33 bits per heavy atom. The zero-order valence-corrected chi connectivity index (χ0v) is 10.8. The van der Waals surface area contributed by atoms with Crippen LogP contribution >= 0.6 is 11.6 Å². The number of phenolic OH excluding ortho intramolecular Hbond substituents is 1. The molecule has 3 nitrogen and oxygen atoms in total. The third-order valence-electron chi connectivity index (χ3n) is 4.29. The molecule has 0 spiro atoms. The number of rotatable bonds is 2. The highest BCUT2D eigenvalue weighted by atomic mass is 35.5. The number of benzene rings is 1. The molecule has 96 valence electrons. The molecule has 1 aromatic rings. The second-order valence-corrected chi connectivity index (χ2v) is 5.84. The summed E-state index contributed by atoms with van der Waals surface area (Å²) in [6.07, 6.45) is 4.70. The lowest BCUT2D eigenvalue weighted by Gasteiger charge is -2.21. The summed E-state index contributed by atoms with van der Waals surface area (Å²) in [5.74, 6) is 1.65. The van der Waals surface area contributed by atoms with Crippen LogP contribution in [0.2, 0.25) is 5.02 Å². The van der Waals surface area contributed by atoms with E-state index in [1.165, 1.54) is 31.4 Å². The lowest BCUT2D eigenvalue weighted by atomic mass is 9.88. The number of phenols is 1. The van der Waals surface area contributed by atoms with Crippen LogP contribution in [0.1, 0.15) is 25.7 Å². The molecule has 0 radical (unpaired) electrons. The maximum Gasteiger partial charge on any atom is 0.227 e. The summed E-state index contributed by atoms with van der Waals surface area (Å²) in [5.41, 5.74) is 0.585. The van der Waals surface area contributed by atoms with Crippen LogP contribution in [-0.2, 0) is 4.79 Å². The van der Waals surface area contributed by atoms with Crippen LogP contribution in [0.3, 0.4) is 0 Å². The zero-order chi connectivity index (χ0) is 12.7. The quantitative estimate of drug-likeness (QED) is 0.805. The molecule has 2 fully saturated rings. The first-order valence-corrected chi connectivity index (χ1v) is 6.80. The molecular weight excluding hydrogens is 250 g/mol. The minimum atomic E-state index is 0.0785. The third kappa shape index (κ3) is 2.07. The van der Waals surface area contributed by atoms with Crippen molar-refractivity contribution in [2.45, 2.75) is 25.7 Å². The lowest BCUT2D eigenvalue weighted by molar-refractivity contribution is -0.121. The van der Waals surface area contributed by atoms with Crippen LogP contribution in [0.25, 0.3) is 0 Å². The molecule has 3 rings (SSSR count). The van der Waals surface area contributed by atoms with Gasteiger partial charge in [-0.05, 0) is 43.2 Å². The van der Waals surface area contributed by atoms with E-state index in [0.29, 0.717) is 16.6 Å². The average Bonchev–Trinajstić information content (AvgIpc) is 2.94. The van der Waals surface area contributed by atoms with Crippen molar-refractivity contribution in [2.24, 2.45) is 17.8 Å². The molecule has 2 bridgehead atoms. The first kappa shape index (κ1) is 11.8. The van der Waals surface area contributed by atoms with E-state index in [4.69, 9.17) is 11.6 Å². The van der Waals surface area contributed by atoms with E-state index in [0.717, 1.165) is 12.3 Å². The first-order chi connectivity index (χ1) is 8.63. The highest BCUT2D eigenvalue weighted by Gasteiger charge is 2.43. The van der Waals surface area contributed by atoms with Gasteiger partial charge in [0, 0.05) is 12.0 Å². The van der Waals surface area contributed by atoms with Crippen molar-refractivity contribution in [3.8, 4) is 5.75 Å². The number of nitrogens with one attached hydrogen (secondary N) is 1. The topological polar surface area (TPSA) is 49.3 Å². The summed E-state index contributed by atoms with van der Waals surface area (Å²) >= 11 is 5.98. The van der Waals surface area contributed by atoms with E-state index in [-0.39, 0.29) is 17.6 Å². The van der Waals surface area contributed by atoms with Crippen LogP contribution in [0.15, 0.2) is 18.2 Å². The van der Waals surface area contributed by atoms with Gasteiger partial charge in [0.05, 0.1) is 10.7 Å². The molecular formula is C14H16ClNO2. The molecule has 2 aliphatic carbocycles. The number of hydrogen-bond donors (Lipinski definition) is 2. The fourth-order valence-electron chi connectivity index (χ4n) is 3.40. The summed E-state index contributed by atoms with van der Waals surface area (Å²) in [5, 5.41) is 12.5. The third-order valence-corrected chi connectivity index (χ3v) is 4.60. The second-order valence-electron chi connectivity index (χ2n) is 5.43. The van der Waals surface area contributed by atoms with Crippen molar-refractivity contribution >= 4 is 23.2 Å². The van der Waals surface area contributed by atoms with Gasteiger partial charge in [0.15, 0.2) is 0 Å². The average molecular weight is 266 g/mol. The second kappa shape index (κ2) is 4.47. The van der Waals surface area contributed by atoms with Crippen molar-refractivity contribution in [1.29, 1.82) is 0 Å². The van der Waals surface area contributed by atoms with Crippen molar-refractivity contribution in [3.05, 3.63) is 23.2 Å². The van der Waals surface area contributed by atoms with E-state index in [1.807, 2.05) is 0 Å². The Bertz CT molecular complexity index is 489. The van der Waals surface area contributed by atoms with Gasteiger partial charge in [-0.15, -0.1) is 0 Å². The number of anilines is 1. The Morgan fingerprint density at radius 3 is 2.78 bits per heavy atom.